The minimum Gasteiger partial charge on any atom is -0.343 e. The van der Waals surface area contributed by atoms with Gasteiger partial charge in [0.1, 0.15) is 0 Å². The normalized spacial score (nSPS) is 16.8. The van der Waals surface area contributed by atoms with Crippen molar-refractivity contribution in [3.05, 3.63) is 30.1 Å². The molecule has 0 N–H and O–H groups in total. The fourth-order valence-electron chi connectivity index (χ4n) is 2.61. The van der Waals surface area contributed by atoms with Gasteiger partial charge in [-0.3, -0.25) is 9.78 Å². The highest BCUT2D eigenvalue weighted by Gasteiger charge is 2.21. The van der Waals surface area contributed by atoms with Gasteiger partial charge in [0.15, 0.2) is 0 Å². The molecule has 1 saturated heterocycles. The number of rotatable bonds is 4. The van der Waals surface area contributed by atoms with E-state index in [1.165, 1.54) is 12.0 Å². The summed E-state index contributed by atoms with van der Waals surface area (Å²) < 4.78 is 0. The molecule has 2 rings (SSSR count). The predicted molar refractivity (Wildman–Crippen MR) is 72.2 cm³/mol. The third-order valence-corrected chi connectivity index (χ3v) is 3.86. The Labute approximate surface area is 109 Å². The lowest BCUT2D eigenvalue weighted by Gasteiger charge is -2.32. The van der Waals surface area contributed by atoms with Crippen molar-refractivity contribution >= 4 is 5.91 Å². The zero-order chi connectivity index (χ0) is 12.8. The number of amides is 1. The Balaban J connectivity index is 1.72. The van der Waals surface area contributed by atoms with Crippen LogP contribution in [0.2, 0.25) is 0 Å². The van der Waals surface area contributed by atoms with Crippen molar-refractivity contribution in [1.29, 1.82) is 0 Å². The monoisotopic (exact) mass is 246 g/mol. The van der Waals surface area contributed by atoms with Crippen LogP contribution < -0.4 is 0 Å². The van der Waals surface area contributed by atoms with Crippen LogP contribution in [0.15, 0.2) is 24.5 Å². The van der Waals surface area contributed by atoms with Gasteiger partial charge in [0, 0.05) is 31.9 Å². The standard InChI is InChI=1S/C15H22N2O/c1-2-15(18)17-11-7-14(8-12-17)4-3-13-5-9-16-10-6-13/h5-6,9-10,14H,2-4,7-8,11-12H2,1H3. The second-order valence-electron chi connectivity index (χ2n) is 5.07. The van der Waals surface area contributed by atoms with E-state index < -0.39 is 0 Å². The van der Waals surface area contributed by atoms with E-state index in [0.717, 1.165) is 38.3 Å². The Kier molecular flexibility index (Phi) is 4.73. The molecule has 0 unspecified atom stereocenters. The molecule has 98 valence electrons. The lowest BCUT2D eigenvalue weighted by Crippen LogP contribution is -2.38. The maximum absolute atomic E-state index is 11.6. The summed E-state index contributed by atoms with van der Waals surface area (Å²) in [7, 11) is 0. The van der Waals surface area contributed by atoms with Crippen LogP contribution in [-0.2, 0) is 11.2 Å². The average molecular weight is 246 g/mol. The molecular formula is C15H22N2O. The van der Waals surface area contributed by atoms with Gasteiger partial charge < -0.3 is 4.90 Å². The minimum absolute atomic E-state index is 0.308. The summed E-state index contributed by atoms with van der Waals surface area (Å²) in [5.41, 5.74) is 1.37. The van der Waals surface area contributed by atoms with Gasteiger partial charge >= 0.3 is 0 Å². The summed E-state index contributed by atoms with van der Waals surface area (Å²) in [6, 6.07) is 4.19. The highest BCUT2D eigenvalue weighted by molar-refractivity contribution is 5.75. The smallest absolute Gasteiger partial charge is 0.222 e. The summed E-state index contributed by atoms with van der Waals surface area (Å²) in [5, 5.41) is 0. The van der Waals surface area contributed by atoms with Gasteiger partial charge in [0.05, 0.1) is 0 Å². The van der Waals surface area contributed by atoms with Crippen LogP contribution in [0, 0.1) is 5.92 Å². The van der Waals surface area contributed by atoms with Crippen LogP contribution in [0.5, 0.6) is 0 Å². The number of aromatic nitrogens is 1. The third-order valence-electron chi connectivity index (χ3n) is 3.86. The Hall–Kier alpha value is -1.38. The zero-order valence-electron chi connectivity index (χ0n) is 11.1. The topological polar surface area (TPSA) is 33.2 Å². The summed E-state index contributed by atoms with van der Waals surface area (Å²) in [6.07, 6.45) is 9.05. The summed E-state index contributed by atoms with van der Waals surface area (Å²) >= 11 is 0. The van der Waals surface area contributed by atoms with E-state index in [1.807, 2.05) is 24.2 Å². The van der Waals surface area contributed by atoms with Crippen molar-refractivity contribution in [1.82, 2.24) is 9.88 Å². The minimum atomic E-state index is 0.308. The largest absolute Gasteiger partial charge is 0.343 e. The van der Waals surface area contributed by atoms with Gasteiger partial charge in [-0.1, -0.05) is 6.92 Å². The molecule has 0 radical (unpaired) electrons. The highest BCUT2D eigenvalue weighted by atomic mass is 16.2. The number of piperidine rings is 1. The lowest BCUT2D eigenvalue weighted by molar-refractivity contribution is -0.132. The SMILES string of the molecule is CCC(=O)N1CCC(CCc2ccncc2)CC1. The molecule has 0 bridgehead atoms. The first-order valence-corrected chi connectivity index (χ1v) is 6.96. The molecule has 0 aromatic carbocycles. The number of nitrogens with zero attached hydrogens (tertiary/aromatic N) is 2. The summed E-state index contributed by atoms with van der Waals surface area (Å²) in [6.45, 7) is 3.85. The maximum atomic E-state index is 11.6. The van der Waals surface area contributed by atoms with Crippen molar-refractivity contribution in [2.45, 2.75) is 39.0 Å². The lowest BCUT2D eigenvalue weighted by atomic mass is 9.90. The third kappa shape index (κ3) is 3.56. The van der Waals surface area contributed by atoms with Crippen LogP contribution in [0.3, 0.4) is 0 Å². The first-order chi connectivity index (χ1) is 8.79. The van der Waals surface area contributed by atoms with E-state index in [0.29, 0.717) is 12.3 Å². The van der Waals surface area contributed by atoms with Crippen molar-refractivity contribution in [2.75, 3.05) is 13.1 Å². The molecule has 2 heterocycles. The van der Waals surface area contributed by atoms with Crippen molar-refractivity contribution in [3.63, 3.8) is 0 Å². The van der Waals surface area contributed by atoms with Gasteiger partial charge in [-0.25, -0.2) is 0 Å². The van der Waals surface area contributed by atoms with E-state index in [9.17, 15) is 4.79 Å². The van der Waals surface area contributed by atoms with Crippen LogP contribution in [0.25, 0.3) is 0 Å². The molecule has 1 aromatic rings. The number of pyridine rings is 1. The first-order valence-electron chi connectivity index (χ1n) is 6.96. The van der Waals surface area contributed by atoms with Crippen LogP contribution in [-0.4, -0.2) is 28.9 Å². The molecule has 1 amide bonds. The Morgan fingerprint density at radius 3 is 2.61 bits per heavy atom. The highest BCUT2D eigenvalue weighted by Crippen LogP contribution is 2.22. The average Bonchev–Trinajstić information content (AvgIpc) is 2.46. The number of aryl methyl sites for hydroxylation is 1. The molecule has 1 aromatic heterocycles. The molecule has 0 spiro atoms. The molecule has 1 fully saturated rings. The van der Waals surface area contributed by atoms with E-state index in [2.05, 4.69) is 17.1 Å². The van der Waals surface area contributed by atoms with Crippen LogP contribution >= 0.6 is 0 Å². The number of hydrogen-bond donors (Lipinski definition) is 0. The van der Waals surface area contributed by atoms with E-state index >= 15 is 0 Å². The molecule has 1 aliphatic rings. The summed E-state index contributed by atoms with van der Waals surface area (Å²) in [4.78, 5) is 17.6. The van der Waals surface area contributed by atoms with Crippen LogP contribution in [0.1, 0.15) is 38.2 Å². The Bertz CT molecular complexity index is 369. The van der Waals surface area contributed by atoms with Crippen molar-refractivity contribution in [2.24, 2.45) is 5.92 Å². The zero-order valence-corrected chi connectivity index (χ0v) is 11.1. The predicted octanol–water partition coefficient (Wildman–Crippen LogP) is 2.66. The second kappa shape index (κ2) is 6.53. The maximum Gasteiger partial charge on any atom is 0.222 e. The van der Waals surface area contributed by atoms with E-state index in [4.69, 9.17) is 0 Å². The summed E-state index contributed by atoms with van der Waals surface area (Å²) in [5.74, 6) is 1.08. The van der Waals surface area contributed by atoms with Crippen molar-refractivity contribution in [3.8, 4) is 0 Å². The molecular weight excluding hydrogens is 224 g/mol. The number of carbonyl (C=O) groups excluding carboxylic acids is 1. The Morgan fingerprint density at radius 1 is 1.33 bits per heavy atom. The quantitative estimate of drug-likeness (QED) is 0.818. The van der Waals surface area contributed by atoms with Crippen LogP contribution in [0.4, 0.5) is 0 Å². The number of carbonyl (C=O) groups is 1. The van der Waals surface area contributed by atoms with Gasteiger partial charge in [-0.2, -0.15) is 0 Å². The first kappa shape index (κ1) is 13.1. The Morgan fingerprint density at radius 2 is 2.00 bits per heavy atom. The molecule has 1 aliphatic heterocycles. The van der Waals surface area contributed by atoms with Gasteiger partial charge in [0.2, 0.25) is 5.91 Å². The molecule has 0 saturated carbocycles. The van der Waals surface area contributed by atoms with Gasteiger partial charge in [-0.05, 0) is 49.3 Å². The van der Waals surface area contributed by atoms with Crippen molar-refractivity contribution < 1.29 is 4.79 Å². The van der Waals surface area contributed by atoms with Gasteiger partial charge in [-0.15, -0.1) is 0 Å². The molecule has 0 aliphatic carbocycles. The second-order valence-corrected chi connectivity index (χ2v) is 5.07. The number of hydrogen-bond acceptors (Lipinski definition) is 2. The molecule has 0 atom stereocenters. The van der Waals surface area contributed by atoms with Gasteiger partial charge in [0.25, 0.3) is 0 Å². The molecule has 3 nitrogen and oxygen atoms in total. The molecule has 18 heavy (non-hydrogen) atoms. The fourth-order valence-corrected chi connectivity index (χ4v) is 2.61. The van der Waals surface area contributed by atoms with E-state index in [1.54, 1.807) is 0 Å². The fraction of sp³-hybridized carbons (Fsp3) is 0.600. The van der Waals surface area contributed by atoms with E-state index in [-0.39, 0.29) is 0 Å². The molecule has 3 heteroatoms. The number of likely N-dealkylation sites (tertiary alicyclic amines) is 1.